The van der Waals surface area contributed by atoms with E-state index >= 15 is 0 Å². The van der Waals surface area contributed by atoms with Crippen molar-refractivity contribution in [2.45, 2.75) is 20.4 Å². The summed E-state index contributed by atoms with van der Waals surface area (Å²) in [6.07, 6.45) is -0.0693. The Hall–Kier alpha value is -4.57. The largest absolute Gasteiger partial charge is 0.515 e. The molecule has 0 spiro atoms. The quantitative estimate of drug-likeness (QED) is 0.220. The fourth-order valence-corrected chi connectivity index (χ4v) is 4.73. The maximum absolute atomic E-state index is 12.6. The van der Waals surface area contributed by atoms with Gasteiger partial charge in [0.05, 0.1) is 36.0 Å². The van der Waals surface area contributed by atoms with Gasteiger partial charge in [0, 0.05) is 23.6 Å². The number of hydrogen-bond acceptors (Lipinski definition) is 8. The number of ether oxygens (including phenoxy) is 2. The molecule has 1 amide bonds. The summed E-state index contributed by atoms with van der Waals surface area (Å²) in [5.74, 6) is 0.0765. The molecule has 0 saturated heterocycles. The van der Waals surface area contributed by atoms with Crippen molar-refractivity contribution in [2.75, 3.05) is 11.9 Å². The van der Waals surface area contributed by atoms with Crippen LogP contribution < -0.4 is 10.1 Å². The van der Waals surface area contributed by atoms with Crippen LogP contribution in [0.4, 0.5) is 10.5 Å². The number of carbonyl (C=O) groups is 3. The molecule has 10 heteroatoms. The second-order valence-electron chi connectivity index (χ2n) is 8.29. The Balaban J connectivity index is 1.74. The van der Waals surface area contributed by atoms with Crippen molar-refractivity contribution in [3.63, 3.8) is 0 Å². The first-order valence-electron chi connectivity index (χ1n) is 11.5. The third-order valence-electron chi connectivity index (χ3n) is 5.77. The number of aldehydes is 1. The highest BCUT2D eigenvalue weighted by molar-refractivity contribution is 7.00. The molecule has 0 aliphatic heterocycles. The van der Waals surface area contributed by atoms with Gasteiger partial charge >= 0.3 is 6.16 Å². The van der Waals surface area contributed by atoms with Gasteiger partial charge in [-0.1, -0.05) is 30.3 Å². The van der Waals surface area contributed by atoms with Crippen LogP contribution in [0.1, 0.15) is 29.8 Å². The molecule has 1 N–H and O–H groups in total. The normalized spacial score (nSPS) is 11.0. The van der Waals surface area contributed by atoms with Gasteiger partial charge in [-0.15, -0.1) is 0 Å². The number of carbonyl (C=O) groups excluding carboxylic acids is 3. The third-order valence-corrected chi connectivity index (χ3v) is 6.33. The van der Waals surface area contributed by atoms with Gasteiger partial charge in [0.25, 0.3) is 0 Å². The van der Waals surface area contributed by atoms with Gasteiger partial charge in [0.15, 0.2) is 0 Å². The molecule has 186 valence electrons. The van der Waals surface area contributed by atoms with Gasteiger partial charge in [-0.2, -0.15) is 8.75 Å². The minimum atomic E-state index is -0.835. The van der Waals surface area contributed by atoms with Crippen LogP contribution >= 0.6 is 11.7 Å². The summed E-state index contributed by atoms with van der Waals surface area (Å²) < 4.78 is 21.4. The van der Waals surface area contributed by atoms with Crippen molar-refractivity contribution in [3.8, 4) is 17.0 Å². The lowest BCUT2D eigenvalue weighted by molar-refractivity contribution is -0.114. The summed E-state index contributed by atoms with van der Waals surface area (Å²) in [5.41, 5.74) is 5.77. The summed E-state index contributed by atoms with van der Waals surface area (Å²) >= 11 is 1.15. The van der Waals surface area contributed by atoms with Gasteiger partial charge < -0.3 is 19.4 Å². The summed E-state index contributed by atoms with van der Waals surface area (Å²) in [4.78, 5) is 35.5. The van der Waals surface area contributed by atoms with E-state index in [0.717, 1.165) is 51.1 Å². The fraction of sp³-hybridized carbons (Fsp3) is 0.148. The van der Waals surface area contributed by atoms with E-state index in [1.807, 2.05) is 34.9 Å². The smallest absolute Gasteiger partial charge is 0.434 e. The second kappa shape index (κ2) is 10.2. The van der Waals surface area contributed by atoms with Crippen LogP contribution in [0, 0.1) is 0 Å². The van der Waals surface area contributed by atoms with E-state index in [-0.39, 0.29) is 18.4 Å². The number of hydrogen-bond donors (Lipinski definition) is 1. The Bertz CT molecular complexity index is 1640. The zero-order chi connectivity index (χ0) is 25.9. The topological polar surface area (TPSA) is 112 Å². The summed E-state index contributed by atoms with van der Waals surface area (Å²) in [7, 11) is 0. The Morgan fingerprint density at radius 1 is 1.03 bits per heavy atom. The summed E-state index contributed by atoms with van der Waals surface area (Å²) in [6.45, 7) is 3.66. The number of fused-ring (bicyclic) bond motifs is 2. The van der Waals surface area contributed by atoms with Crippen LogP contribution in [0.5, 0.6) is 5.88 Å². The molecule has 0 atom stereocenters. The van der Waals surface area contributed by atoms with Gasteiger partial charge in [-0.25, -0.2) is 4.79 Å². The standard InChI is InChI=1S/C27H22N4O5S/c1-3-35-27(34)36-26-25(19-7-4-17(15-32)5-8-19)21-13-20(28-16(2)33)9-11-24(21)31(26)14-18-6-10-22-23(12-18)30-37-29-22/h4-13,15H,3,14H2,1-2H3,(H,28,33). The zero-order valence-corrected chi connectivity index (χ0v) is 20.9. The fourth-order valence-electron chi connectivity index (χ4n) is 4.22. The van der Waals surface area contributed by atoms with Crippen molar-refractivity contribution in [3.05, 3.63) is 71.8 Å². The Kier molecular flexibility index (Phi) is 6.65. The molecule has 0 bridgehead atoms. The molecule has 0 unspecified atom stereocenters. The van der Waals surface area contributed by atoms with Crippen molar-refractivity contribution >= 4 is 57.7 Å². The third kappa shape index (κ3) is 4.91. The van der Waals surface area contributed by atoms with Crippen molar-refractivity contribution < 1.29 is 23.9 Å². The average molecular weight is 515 g/mol. The van der Waals surface area contributed by atoms with E-state index in [2.05, 4.69) is 14.1 Å². The maximum Gasteiger partial charge on any atom is 0.515 e. The van der Waals surface area contributed by atoms with Crippen LogP contribution in [0.2, 0.25) is 0 Å². The van der Waals surface area contributed by atoms with Crippen LogP contribution in [-0.4, -0.2) is 38.3 Å². The number of anilines is 1. The lowest BCUT2D eigenvalue weighted by atomic mass is 10.0. The number of rotatable bonds is 7. The molecule has 9 nitrogen and oxygen atoms in total. The summed E-state index contributed by atoms with van der Waals surface area (Å²) in [5, 5.41) is 3.56. The molecule has 2 heterocycles. The highest BCUT2D eigenvalue weighted by Crippen LogP contribution is 2.42. The van der Waals surface area contributed by atoms with Crippen LogP contribution in [0.3, 0.4) is 0 Å². The Labute approximate surface area is 216 Å². The molecule has 0 aliphatic rings. The molecule has 5 aromatic rings. The van der Waals surface area contributed by atoms with Crippen molar-refractivity contribution in [2.24, 2.45) is 0 Å². The van der Waals surface area contributed by atoms with Crippen LogP contribution in [0.15, 0.2) is 60.7 Å². The highest BCUT2D eigenvalue weighted by Gasteiger charge is 2.24. The predicted molar refractivity (Wildman–Crippen MR) is 141 cm³/mol. The minimum absolute atomic E-state index is 0.155. The minimum Gasteiger partial charge on any atom is -0.434 e. The Morgan fingerprint density at radius 2 is 1.81 bits per heavy atom. The first-order valence-corrected chi connectivity index (χ1v) is 12.2. The number of aromatic nitrogens is 3. The number of amides is 1. The van der Waals surface area contributed by atoms with E-state index in [1.165, 1.54) is 6.92 Å². The zero-order valence-electron chi connectivity index (χ0n) is 20.1. The second-order valence-corrected chi connectivity index (χ2v) is 8.82. The van der Waals surface area contributed by atoms with E-state index in [4.69, 9.17) is 9.47 Å². The molecule has 0 fully saturated rings. The van der Waals surface area contributed by atoms with Gasteiger partial charge in [-0.3, -0.25) is 9.59 Å². The molecule has 5 rings (SSSR count). The van der Waals surface area contributed by atoms with E-state index in [0.29, 0.717) is 23.4 Å². The highest BCUT2D eigenvalue weighted by atomic mass is 32.1. The molecule has 37 heavy (non-hydrogen) atoms. The lowest BCUT2D eigenvalue weighted by Gasteiger charge is -2.13. The van der Waals surface area contributed by atoms with E-state index in [1.54, 1.807) is 37.3 Å². The van der Waals surface area contributed by atoms with E-state index < -0.39 is 6.16 Å². The molecule has 3 aromatic carbocycles. The summed E-state index contributed by atoms with van der Waals surface area (Å²) in [6, 6.07) is 18.3. The van der Waals surface area contributed by atoms with E-state index in [9.17, 15) is 14.4 Å². The molecule has 0 saturated carbocycles. The number of nitrogens with zero attached hydrogens (tertiary/aromatic N) is 3. The SMILES string of the molecule is CCOC(=O)Oc1c(-c2ccc(C=O)cc2)c2cc(NC(C)=O)ccc2n1Cc1ccc2nsnc2c1. The molecular weight excluding hydrogens is 492 g/mol. The van der Waals surface area contributed by atoms with Crippen LogP contribution in [0.25, 0.3) is 33.1 Å². The van der Waals surface area contributed by atoms with Crippen molar-refractivity contribution in [1.82, 2.24) is 13.3 Å². The average Bonchev–Trinajstić information content (AvgIpc) is 3.46. The first-order chi connectivity index (χ1) is 18.0. The number of benzene rings is 3. The molecule has 2 aromatic heterocycles. The van der Waals surface area contributed by atoms with Gasteiger partial charge in [0.2, 0.25) is 11.8 Å². The van der Waals surface area contributed by atoms with Crippen molar-refractivity contribution in [1.29, 1.82) is 0 Å². The van der Waals surface area contributed by atoms with Gasteiger partial charge in [-0.05, 0) is 48.4 Å². The maximum atomic E-state index is 12.6. The van der Waals surface area contributed by atoms with Crippen LogP contribution in [-0.2, 0) is 16.1 Å². The Morgan fingerprint density at radius 3 is 2.54 bits per heavy atom. The molecule has 0 radical (unpaired) electrons. The first kappa shape index (κ1) is 24.1. The number of nitrogens with one attached hydrogen (secondary N) is 1. The lowest BCUT2D eigenvalue weighted by Crippen LogP contribution is -2.14. The monoisotopic (exact) mass is 514 g/mol. The molecule has 0 aliphatic carbocycles. The predicted octanol–water partition coefficient (Wildman–Crippen LogP) is 5.67. The molecular formula is C27H22N4O5S. The van der Waals surface area contributed by atoms with Gasteiger partial charge in [0.1, 0.15) is 17.3 Å².